The summed E-state index contributed by atoms with van der Waals surface area (Å²) in [7, 11) is 4.32. The largest absolute Gasteiger partial charge is 0.300 e. The molecule has 0 bridgehead atoms. The van der Waals surface area contributed by atoms with E-state index in [9.17, 15) is 0 Å². The molecular weight excluding hydrogens is 289 g/mol. The molecular formula is C14H20Cl3N. The van der Waals surface area contributed by atoms with Gasteiger partial charge >= 0.3 is 0 Å². The summed E-state index contributed by atoms with van der Waals surface area (Å²) >= 11 is 12.1. The van der Waals surface area contributed by atoms with Gasteiger partial charge in [0.15, 0.2) is 0 Å². The molecule has 1 fully saturated rings. The zero-order valence-electron chi connectivity index (χ0n) is 10.9. The third-order valence-electron chi connectivity index (χ3n) is 3.99. The second-order valence-corrected chi connectivity index (χ2v) is 5.93. The minimum atomic E-state index is 0. The molecule has 0 N–H and O–H groups in total. The Kier molecular flexibility index (Phi) is 5.79. The molecule has 0 aromatic heterocycles. The third kappa shape index (κ3) is 2.96. The van der Waals surface area contributed by atoms with Crippen LogP contribution in [0.15, 0.2) is 18.2 Å². The van der Waals surface area contributed by atoms with Crippen LogP contribution in [0.4, 0.5) is 0 Å². The lowest BCUT2D eigenvalue weighted by atomic mass is 9.76. The topological polar surface area (TPSA) is 3.24 Å². The average Bonchev–Trinajstić information content (AvgIpc) is 2.33. The average molecular weight is 309 g/mol. The lowest BCUT2D eigenvalue weighted by Gasteiger charge is -2.43. The maximum absolute atomic E-state index is 6.15. The van der Waals surface area contributed by atoms with E-state index in [2.05, 4.69) is 25.1 Å². The number of hydrogen-bond acceptors (Lipinski definition) is 1. The molecule has 0 spiro atoms. The van der Waals surface area contributed by atoms with Crippen molar-refractivity contribution >= 4 is 35.6 Å². The van der Waals surface area contributed by atoms with Crippen molar-refractivity contribution in [3.63, 3.8) is 0 Å². The molecule has 1 aromatic rings. The smallest absolute Gasteiger partial charge is 0.0595 e. The lowest BCUT2D eigenvalue weighted by Crippen LogP contribution is -2.43. The van der Waals surface area contributed by atoms with Crippen LogP contribution in [0.5, 0.6) is 0 Å². The number of rotatable bonds is 2. The van der Waals surface area contributed by atoms with Gasteiger partial charge in [-0.05, 0) is 44.6 Å². The van der Waals surface area contributed by atoms with Gasteiger partial charge in [-0.1, -0.05) is 48.5 Å². The Balaban J connectivity index is 0.00000162. The van der Waals surface area contributed by atoms with Gasteiger partial charge < -0.3 is 0 Å². The van der Waals surface area contributed by atoms with Crippen molar-refractivity contribution in [2.45, 2.75) is 37.6 Å². The predicted molar refractivity (Wildman–Crippen MR) is 82.2 cm³/mol. The van der Waals surface area contributed by atoms with Gasteiger partial charge in [0.2, 0.25) is 0 Å². The molecule has 0 heterocycles. The highest BCUT2D eigenvalue weighted by atomic mass is 35.5. The highest BCUT2D eigenvalue weighted by molar-refractivity contribution is 6.42. The summed E-state index contributed by atoms with van der Waals surface area (Å²) in [5, 5.41) is 1.30. The van der Waals surface area contributed by atoms with Gasteiger partial charge in [-0.3, -0.25) is 4.90 Å². The fraction of sp³-hybridized carbons (Fsp3) is 0.571. The molecule has 1 nitrogen and oxygen atoms in total. The van der Waals surface area contributed by atoms with Crippen LogP contribution in [0, 0.1) is 0 Å². The van der Waals surface area contributed by atoms with Crippen LogP contribution in [-0.4, -0.2) is 19.0 Å². The van der Waals surface area contributed by atoms with Crippen LogP contribution < -0.4 is 0 Å². The lowest BCUT2D eigenvalue weighted by molar-refractivity contribution is 0.0989. The van der Waals surface area contributed by atoms with Crippen molar-refractivity contribution < 1.29 is 0 Å². The second-order valence-electron chi connectivity index (χ2n) is 5.12. The van der Waals surface area contributed by atoms with Crippen molar-refractivity contribution in [3.8, 4) is 0 Å². The highest BCUT2D eigenvalue weighted by Crippen LogP contribution is 2.42. The van der Waals surface area contributed by atoms with Crippen molar-refractivity contribution in [1.29, 1.82) is 0 Å². The molecule has 0 atom stereocenters. The SMILES string of the molecule is CN(C)C1(c2ccc(Cl)c(Cl)c2)CCCCC1.Cl. The first-order valence-electron chi connectivity index (χ1n) is 6.19. The first-order valence-corrected chi connectivity index (χ1v) is 6.95. The van der Waals surface area contributed by atoms with Gasteiger partial charge in [-0.15, -0.1) is 12.4 Å². The van der Waals surface area contributed by atoms with Crippen molar-refractivity contribution in [2.75, 3.05) is 14.1 Å². The van der Waals surface area contributed by atoms with Gasteiger partial charge in [0, 0.05) is 5.54 Å². The maximum atomic E-state index is 6.15. The Morgan fingerprint density at radius 2 is 1.61 bits per heavy atom. The Morgan fingerprint density at radius 3 is 2.11 bits per heavy atom. The monoisotopic (exact) mass is 307 g/mol. The number of halogens is 3. The number of nitrogens with zero attached hydrogens (tertiary/aromatic N) is 1. The van der Waals surface area contributed by atoms with Crippen LogP contribution in [-0.2, 0) is 5.54 Å². The van der Waals surface area contributed by atoms with Gasteiger partial charge in [-0.25, -0.2) is 0 Å². The molecule has 2 rings (SSSR count). The van der Waals surface area contributed by atoms with E-state index in [0.717, 1.165) is 0 Å². The summed E-state index contributed by atoms with van der Waals surface area (Å²) in [5.41, 5.74) is 1.45. The van der Waals surface area contributed by atoms with Gasteiger partial charge in [0.1, 0.15) is 0 Å². The molecule has 1 saturated carbocycles. The molecule has 0 aliphatic heterocycles. The van der Waals surface area contributed by atoms with Crippen LogP contribution in [0.25, 0.3) is 0 Å². The van der Waals surface area contributed by atoms with Gasteiger partial charge in [-0.2, -0.15) is 0 Å². The Labute approximate surface area is 126 Å². The number of hydrogen-bond donors (Lipinski definition) is 0. The molecule has 0 unspecified atom stereocenters. The van der Waals surface area contributed by atoms with Gasteiger partial charge in [0.05, 0.1) is 10.0 Å². The molecule has 1 aromatic carbocycles. The fourth-order valence-electron chi connectivity index (χ4n) is 2.92. The summed E-state index contributed by atoms with van der Waals surface area (Å²) in [5.74, 6) is 0. The van der Waals surface area contributed by atoms with Crippen LogP contribution >= 0.6 is 35.6 Å². The highest BCUT2D eigenvalue weighted by Gasteiger charge is 2.36. The zero-order valence-corrected chi connectivity index (χ0v) is 13.2. The summed E-state index contributed by atoms with van der Waals surface area (Å²) in [6, 6.07) is 6.08. The Hall–Kier alpha value is 0.0500. The third-order valence-corrected chi connectivity index (χ3v) is 4.73. The van der Waals surface area contributed by atoms with E-state index in [1.54, 1.807) is 0 Å². The summed E-state index contributed by atoms with van der Waals surface area (Å²) in [6.07, 6.45) is 6.34. The minimum absolute atomic E-state index is 0. The van der Waals surface area contributed by atoms with Crippen molar-refractivity contribution in [3.05, 3.63) is 33.8 Å². The van der Waals surface area contributed by atoms with Crippen LogP contribution in [0.1, 0.15) is 37.7 Å². The fourth-order valence-corrected chi connectivity index (χ4v) is 3.21. The molecule has 0 saturated heterocycles. The van der Waals surface area contributed by atoms with E-state index in [4.69, 9.17) is 23.2 Å². The first-order chi connectivity index (χ1) is 8.06. The normalized spacial score (nSPS) is 18.5. The quantitative estimate of drug-likeness (QED) is 0.731. The van der Waals surface area contributed by atoms with E-state index in [-0.39, 0.29) is 17.9 Å². The molecule has 0 amide bonds. The standard InChI is InChI=1S/C14H19Cl2N.ClH/c1-17(2)14(8-4-3-5-9-14)11-6-7-12(15)13(16)10-11;/h6-7,10H,3-5,8-9H2,1-2H3;1H. The predicted octanol–water partition coefficient (Wildman–Crippen LogP) is 5.14. The maximum Gasteiger partial charge on any atom is 0.0595 e. The Morgan fingerprint density at radius 1 is 1.00 bits per heavy atom. The van der Waals surface area contributed by atoms with Crippen LogP contribution in [0.2, 0.25) is 10.0 Å². The molecule has 4 heteroatoms. The molecule has 18 heavy (non-hydrogen) atoms. The van der Waals surface area contributed by atoms with E-state index in [1.165, 1.54) is 37.7 Å². The summed E-state index contributed by atoms with van der Waals surface area (Å²) < 4.78 is 0. The Bertz CT molecular complexity index is 398. The van der Waals surface area contributed by atoms with E-state index in [0.29, 0.717) is 10.0 Å². The van der Waals surface area contributed by atoms with E-state index in [1.807, 2.05) is 12.1 Å². The molecule has 1 aliphatic carbocycles. The molecule has 102 valence electrons. The van der Waals surface area contributed by atoms with Crippen LogP contribution in [0.3, 0.4) is 0 Å². The van der Waals surface area contributed by atoms with Gasteiger partial charge in [0.25, 0.3) is 0 Å². The molecule has 1 aliphatic rings. The minimum Gasteiger partial charge on any atom is -0.300 e. The first kappa shape index (κ1) is 16.1. The number of benzene rings is 1. The second kappa shape index (κ2) is 6.47. The summed E-state index contributed by atoms with van der Waals surface area (Å²) in [4.78, 5) is 2.34. The molecule has 0 radical (unpaired) electrons. The zero-order chi connectivity index (χ0) is 12.5. The van der Waals surface area contributed by atoms with Crippen molar-refractivity contribution in [1.82, 2.24) is 4.90 Å². The van der Waals surface area contributed by atoms with E-state index < -0.39 is 0 Å². The van der Waals surface area contributed by atoms with Crippen molar-refractivity contribution in [2.24, 2.45) is 0 Å². The summed E-state index contributed by atoms with van der Waals surface area (Å²) in [6.45, 7) is 0. The van der Waals surface area contributed by atoms with E-state index >= 15 is 0 Å².